The third-order valence-corrected chi connectivity index (χ3v) is 4.99. The molecule has 0 aliphatic carbocycles. The van der Waals surface area contributed by atoms with E-state index in [9.17, 15) is 10.2 Å². The van der Waals surface area contributed by atoms with Crippen LogP contribution in [0.2, 0.25) is 0 Å². The Labute approximate surface area is 115 Å². The molecule has 2 N–H and O–H groups in total. The summed E-state index contributed by atoms with van der Waals surface area (Å²) in [6.07, 6.45) is 2.20. The van der Waals surface area contributed by atoms with Crippen molar-refractivity contribution in [2.45, 2.75) is 50.0 Å². The molecule has 3 aliphatic heterocycles. The van der Waals surface area contributed by atoms with Crippen molar-refractivity contribution in [3.8, 4) is 0 Å². The van der Waals surface area contributed by atoms with E-state index in [2.05, 4.69) is 16.7 Å². The summed E-state index contributed by atoms with van der Waals surface area (Å²) in [5.74, 6) is 0. The molecule has 0 radical (unpaired) electrons. The van der Waals surface area contributed by atoms with Crippen LogP contribution in [0.25, 0.3) is 0 Å². The number of rotatable bonds is 2. The van der Waals surface area contributed by atoms with Crippen LogP contribution in [0.5, 0.6) is 0 Å². The number of β-amino-alcohol motifs (C(OH)–C–C–N with tert-alkyl or cyclic N) is 1. The SMILES string of the molecule is C[C@H]1CN2C[C@H](O)C[C@H]2CN1CC1(O)CCOCC1. The summed E-state index contributed by atoms with van der Waals surface area (Å²) in [4.78, 5) is 4.81. The lowest BCUT2D eigenvalue weighted by molar-refractivity contribution is -0.0938. The second-order valence-electron chi connectivity index (χ2n) is 6.61. The molecular weight excluding hydrogens is 244 g/mol. The first kappa shape index (κ1) is 13.8. The summed E-state index contributed by atoms with van der Waals surface area (Å²) < 4.78 is 5.34. The van der Waals surface area contributed by atoms with Gasteiger partial charge < -0.3 is 14.9 Å². The van der Waals surface area contributed by atoms with Crippen LogP contribution in [0, 0.1) is 0 Å². The molecule has 0 aromatic carbocycles. The molecule has 3 atom stereocenters. The topological polar surface area (TPSA) is 56.2 Å². The van der Waals surface area contributed by atoms with E-state index >= 15 is 0 Å². The highest BCUT2D eigenvalue weighted by Crippen LogP contribution is 2.28. The Hall–Kier alpha value is -0.200. The van der Waals surface area contributed by atoms with E-state index in [-0.39, 0.29) is 6.10 Å². The molecule has 110 valence electrons. The van der Waals surface area contributed by atoms with Crippen LogP contribution in [-0.4, -0.2) is 83.2 Å². The Bertz CT molecular complexity index is 320. The number of ether oxygens (including phenoxy) is 1. The van der Waals surface area contributed by atoms with Gasteiger partial charge in [0.2, 0.25) is 0 Å². The van der Waals surface area contributed by atoms with Crippen LogP contribution in [0.4, 0.5) is 0 Å². The molecule has 3 saturated heterocycles. The molecule has 0 spiro atoms. The second-order valence-corrected chi connectivity index (χ2v) is 6.61. The third kappa shape index (κ3) is 2.95. The summed E-state index contributed by atoms with van der Waals surface area (Å²) >= 11 is 0. The number of aliphatic hydroxyl groups is 2. The van der Waals surface area contributed by atoms with Gasteiger partial charge in [-0.15, -0.1) is 0 Å². The fourth-order valence-electron chi connectivity index (χ4n) is 3.78. The van der Waals surface area contributed by atoms with E-state index in [1.54, 1.807) is 0 Å². The van der Waals surface area contributed by atoms with Gasteiger partial charge in [0.1, 0.15) is 0 Å². The zero-order chi connectivity index (χ0) is 13.5. The largest absolute Gasteiger partial charge is 0.392 e. The van der Waals surface area contributed by atoms with Gasteiger partial charge in [-0.25, -0.2) is 0 Å². The van der Waals surface area contributed by atoms with E-state index in [1.807, 2.05) is 0 Å². The van der Waals surface area contributed by atoms with Gasteiger partial charge >= 0.3 is 0 Å². The van der Waals surface area contributed by atoms with Crippen LogP contribution in [-0.2, 0) is 4.74 Å². The van der Waals surface area contributed by atoms with Crippen molar-refractivity contribution in [1.29, 1.82) is 0 Å². The quantitative estimate of drug-likeness (QED) is 0.719. The van der Waals surface area contributed by atoms with Crippen LogP contribution < -0.4 is 0 Å². The lowest BCUT2D eigenvalue weighted by Gasteiger charge is -2.46. The van der Waals surface area contributed by atoms with Crippen LogP contribution in [0.15, 0.2) is 0 Å². The highest BCUT2D eigenvalue weighted by molar-refractivity contribution is 4.96. The molecule has 19 heavy (non-hydrogen) atoms. The average molecular weight is 270 g/mol. The Morgan fingerprint density at radius 2 is 1.95 bits per heavy atom. The Morgan fingerprint density at radius 3 is 2.68 bits per heavy atom. The van der Waals surface area contributed by atoms with Crippen molar-refractivity contribution in [2.24, 2.45) is 0 Å². The van der Waals surface area contributed by atoms with Gasteiger partial charge in [0.25, 0.3) is 0 Å². The molecule has 0 amide bonds. The minimum Gasteiger partial charge on any atom is -0.392 e. The number of piperazine rings is 1. The maximum Gasteiger partial charge on any atom is 0.0818 e. The summed E-state index contributed by atoms with van der Waals surface area (Å²) in [7, 11) is 0. The monoisotopic (exact) mass is 270 g/mol. The minimum absolute atomic E-state index is 0.164. The molecule has 3 fully saturated rings. The molecule has 3 aliphatic rings. The van der Waals surface area contributed by atoms with Crippen molar-refractivity contribution >= 4 is 0 Å². The average Bonchev–Trinajstić information content (AvgIpc) is 2.69. The highest BCUT2D eigenvalue weighted by Gasteiger charge is 2.41. The van der Waals surface area contributed by atoms with Crippen LogP contribution in [0.1, 0.15) is 26.2 Å². The summed E-state index contributed by atoms with van der Waals surface area (Å²) in [5.41, 5.74) is -0.577. The predicted molar refractivity (Wildman–Crippen MR) is 72.0 cm³/mol. The lowest BCUT2D eigenvalue weighted by Crippen LogP contribution is -2.59. The normalized spacial score (nSPS) is 40.3. The second kappa shape index (κ2) is 5.30. The molecule has 3 rings (SSSR count). The standard InChI is InChI=1S/C14H26N2O3/c1-11-7-15-9-13(17)6-12(15)8-16(11)10-14(18)2-4-19-5-3-14/h11-13,17-18H,2-10H2,1H3/t11-,12-,13+/m0/s1. The van der Waals surface area contributed by atoms with E-state index in [0.29, 0.717) is 25.3 Å². The Kier molecular flexibility index (Phi) is 3.84. The number of hydrogen-bond donors (Lipinski definition) is 2. The fourth-order valence-corrected chi connectivity index (χ4v) is 3.78. The molecule has 0 unspecified atom stereocenters. The first-order valence-corrected chi connectivity index (χ1v) is 7.52. The third-order valence-electron chi connectivity index (χ3n) is 4.99. The smallest absolute Gasteiger partial charge is 0.0818 e. The van der Waals surface area contributed by atoms with Crippen molar-refractivity contribution in [2.75, 3.05) is 39.4 Å². The van der Waals surface area contributed by atoms with E-state index in [1.165, 1.54) is 0 Å². The number of aliphatic hydroxyl groups excluding tert-OH is 1. The minimum atomic E-state index is -0.577. The molecule has 3 heterocycles. The van der Waals surface area contributed by atoms with Crippen LogP contribution >= 0.6 is 0 Å². The lowest BCUT2D eigenvalue weighted by atomic mass is 9.92. The van der Waals surface area contributed by atoms with Crippen LogP contribution in [0.3, 0.4) is 0 Å². The molecular formula is C14H26N2O3. The predicted octanol–water partition coefficient (Wildman–Crippen LogP) is -0.333. The number of hydrogen-bond acceptors (Lipinski definition) is 5. The van der Waals surface area contributed by atoms with Gasteiger partial charge in [0.15, 0.2) is 0 Å². The summed E-state index contributed by atoms with van der Waals surface area (Å²) in [5, 5.41) is 20.4. The molecule has 0 aromatic rings. The first-order valence-electron chi connectivity index (χ1n) is 7.52. The van der Waals surface area contributed by atoms with E-state index < -0.39 is 5.60 Å². The number of nitrogens with zero attached hydrogens (tertiary/aromatic N) is 2. The van der Waals surface area contributed by atoms with Crippen molar-refractivity contribution in [3.05, 3.63) is 0 Å². The molecule has 0 saturated carbocycles. The molecule has 0 bridgehead atoms. The zero-order valence-electron chi connectivity index (χ0n) is 11.8. The fraction of sp³-hybridized carbons (Fsp3) is 1.00. The molecule has 5 heteroatoms. The highest BCUT2D eigenvalue weighted by atomic mass is 16.5. The summed E-state index contributed by atoms with van der Waals surface area (Å²) in [6, 6.07) is 0.920. The van der Waals surface area contributed by atoms with Gasteiger partial charge in [-0.1, -0.05) is 0 Å². The number of fused-ring (bicyclic) bond motifs is 1. The van der Waals surface area contributed by atoms with Gasteiger partial charge in [-0.2, -0.15) is 0 Å². The maximum absolute atomic E-state index is 10.6. The summed E-state index contributed by atoms with van der Waals surface area (Å²) in [6.45, 7) is 7.12. The Balaban J connectivity index is 1.61. The van der Waals surface area contributed by atoms with Crippen molar-refractivity contribution in [3.63, 3.8) is 0 Å². The van der Waals surface area contributed by atoms with Gasteiger partial charge in [0, 0.05) is 64.3 Å². The molecule has 0 aromatic heterocycles. The maximum atomic E-state index is 10.6. The van der Waals surface area contributed by atoms with Gasteiger partial charge in [0.05, 0.1) is 11.7 Å². The first-order chi connectivity index (χ1) is 9.06. The van der Waals surface area contributed by atoms with E-state index in [0.717, 1.165) is 45.4 Å². The van der Waals surface area contributed by atoms with Gasteiger partial charge in [-0.3, -0.25) is 9.80 Å². The van der Waals surface area contributed by atoms with Crippen molar-refractivity contribution in [1.82, 2.24) is 9.80 Å². The van der Waals surface area contributed by atoms with Gasteiger partial charge in [-0.05, 0) is 13.3 Å². The Morgan fingerprint density at radius 1 is 1.21 bits per heavy atom. The van der Waals surface area contributed by atoms with Crippen molar-refractivity contribution < 1.29 is 14.9 Å². The van der Waals surface area contributed by atoms with E-state index in [4.69, 9.17) is 4.74 Å². The zero-order valence-corrected chi connectivity index (χ0v) is 11.8. The molecule has 5 nitrogen and oxygen atoms in total.